The van der Waals surface area contributed by atoms with Gasteiger partial charge < -0.3 is 9.47 Å². The summed E-state index contributed by atoms with van der Waals surface area (Å²) in [6, 6.07) is 10.7. The number of amides is 1. The summed E-state index contributed by atoms with van der Waals surface area (Å²) in [5, 5.41) is 0.688. The summed E-state index contributed by atoms with van der Waals surface area (Å²) in [5.74, 6) is -0.561. The molecule has 0 spiro atoms. The van der Waals surface area contributed by atoms with Crippen LogP contribution in [0.25, 0.3) is 10.2 Å². The number of aromatic nitrogens is 1. The van der Waals surface area contributed by atoms with Crippen LogP contribution in [0.5, 0.6) is 0 Å². The van der Waals surface area contributed by atoms with Crippen molar-refractivity contribution in [2.24, 2.45) is 0 Å². The number of hydrogen-bond donors (Lipinski definition) is 0. The molecule has 4 rings (SSSR count). The highest BCUT2D eigenvalue weighted by atomic mass is 32.1. The van der Waals surface area contributed by atoms with Gasteiger partial charge in [0.05, 0.1) is 36.1 Å². The molecule has 1 aliphatic heterocycles. The molecule has 0 saturated carbocycles. The van der Waals surface area contributed by atoms with Crippen molar-refractivity contribution in [1.82, 2.24) is 9.88 Å². The maximum absolute atomic E-state index is 13.5. The maximum Gasteiger partial charge on any atom is 0.337 e. The molecule has 1 amide bonds. The summed E-state index contributed by atoms with van der Waals surface area (Å²) in [7, 11) is 1.34. The Balaban J connectivity index is 1.65. The molecule has 3 aromatic rings. The van der Waals surface area contributed by atoms with Crippen LogP contribution in [0, 0.1) is 13.8 Å². The van der Waals surface area contributed by atoms with Crippen LogP contribution < -0.4 is 4.90 Å². The molecule has 1 saturated heterocycles. The fourth-order valence-corrected chi connectivity index (χ4v) is 4.87. The largest absolute Gasteiger partial charge is 0.465 e. The van der Waals surface area contributed by atoms with Crippen LogP contribution >= 0.6 is 11.3 Å². The van der Waals surface area contributed by atoms with E-state index in [9.17, 15) is 9.59 Å². The zero-order valence-electron chi connectivity index (χ0n) is 18.6. The first-order chi connectivity index (χ1) is 15.5. The standard InChI is InChI=1S/C24H27N3O4S/c1-16-4-5-17(2)21-20(16)25-24(32-21)27(11-10-26-12-14-31-15-13-26)22(28)18-6-8-19(9-7-18)23(29)30-3/h4-9H,10-15H2,1-3H3. The van der Waals surface area contributed by atoms with E-state index in [-0.39, 0.29) is 5.91 Å². The zero-order valence-corrected chi connectivity index (χ0v) is 19.4. The summed E-state index contributed by atoms with van der Waals surface area (Å²) in [6.07, 6.45) is 0. The molecule has 168 valence electrons. The van der Waals surface area contributed by atoms with Crippen molar-refractivity contribution in [3.8, 4) is 0 Å². The first-order valence-electron chi connectivity index (χ1n) is 10.6. The topological polar surface area (TPSA) is 72.0 Å². The third-order valence-electron chi connectivity index (χ3n) is 5.70. The average Bonchev–Trinajstić information content (AvgIpc) is 3.28. The van der Waals surface area contributed by atoms with E-state index in [4.69, 9.17) is 14.5 Å². The molecule has 7 nitrogen and oxygen atoms in total. The van der Waals surface area contributed by atoms with Crippen molar-refractivity contribution >= 4 is 38.6 Å². The van der Waals surface area contributed by atoms with Gasteiger partial charge in [0.2, 0.25) is 0 Å². The minimum atomic E-state index is -0.426. The van der Waals surface area contributed by atoms with Crippen molar-refractivity contribution in [3.63, 3.8) is 0 Å². The van der Waals surface area contributed by atoms with E-state index >= 15 is 0 Å². The molecule has 0 unspecified atom stereocenters. The van der Waals surface area contributed by atoms with Crippen molar-refractivity contribution in [2.75, 3.05) is 51.4 Å². The lowest BCUT2D eigenvalue weighted by atomic mass is 10.1. The minimum absolute atomic E-state index is 0.135. The van der Waals surface area contributed by atoms with Gasteiger partial charge in [-0.05, 0) is 49.2 Å². The summed E-state index contributed by atoms with van der Waals surface area (Å²) in [5.41, 5.74) is 4.10. The second kappa shape index (κ2) is 9.77. The number of hydrogen-bond acceptors (Lipinski definition) is 7. The Morgan fingerprint density at radius 2 is 1.72 bits per heavy atom. The van der Waals surface area contributed by atoms with E-state index in [0.29, 0.717) is 36.0 Å². The Morgan fingerprint density at radius 3 is 2.38 bits per heavy atom. The number of morpholine rings is 1. The molecule has 32 heavy (non-hydrogen) atoms. The summed E-state index contributed by atoms with van der Waals surface area (Å²) in [6.45, 7) is 8.50. The predicted octanol–water partition coefficient (Wildman–Crippen LogP) is 3.68. The highest BCUT2D eigenvalue weighted by Gasteiger charge is 2.24. The fourth-order valence-electron chi connectivity index (χ4n) is 3.74. The lowest BCUT2D eigenvalue weighted by molar-refractivity contribution is 0.0391. The number of benzene rings is 2. The Kier molecular flexibility index (Phi) is 6.83. The summed E-state index contributed by atoms with van der Waals surface area (Å²) < 4.78 is 11.3. The van der Waals surface area contributed by atoms with E-state index in [0.717, 1.165) is 41.0 Å². The number of methoxy groups -OCH3 is 1. The predicted molar refractivity (Wildman–Crippen MR) is 126 cm³/mol. The van der Waals surface area contributed by atoms with Gasteiger partial charge in [-0.3, -0.25) is 14.6 Å². The van der Waals surface area contributed by atoms with Crippen LogP contribution in [0.4, 0.5) is 5.13 Å². The van der Waals surface area contributed by atoms with Crippen molar-refractivity contribution in [3.05, 3.63) is 58.7 Å². The lowest BCUT2D eigenvalue weighted by Gasteiger charge is -2.29. The average molecular weight is 454 g/mol. The Morgan fingerprint density at radius 1 is 1.06 bits per heavy atom. The number of rotatable bonds is 6. The first-order valence-corrected chi connectivity index (χ1v) is 11.5. The van der Waals surface area contributed by atoms with Gasteiger partial charge >= 0.3 is 5.97 Å². The van der Waals surface area contributed by atoms with E-state index < -0.39 is 5.97 Å². The van der Waals surface area contributed by atoms with Gasteiger partial charge in [0.25, 0.3) is 5.91 Å². The van der Waals surface area contributed by atoms with Gasteiger partial charge in [-0.1, -0.05) is 23.5 Å². The van der Waals surface area contributed by atoms with Crippen LogP contribution in [-0.4, -0.2) is 68.3 Å². The van der Waals surface area contributed by atoms with Crippen molar-refractivity contribution in [2.45, 2.75) is 13.8 Å². The minimum Gasteiger partial charge on any atom is -0.465 e. The molecule has 0 radical (unpaired) electrons. The van der Waals surface area contributed by atoms with Gasteiger partial charge in [-0.25, -0.2) is 9.78 Å². The molecular weight excluding hydrogens is 426 g/mol. The number of esters is 1. The molecule has 2 heterocycles. The third kappa shape index (κ3) is 4.67. The number of fused-ring (bicyclic) bond motifs is 1. The molecule has 2 aromatic carbocycles. The molecule has 0 bridgehead atoms. The van der Waals surface area contributed by atoms with Crippen LogP contribution in [-0.2, 0) is 9.47 Å². The van der Waals surface area contributed by atoms with Crippen LogP contribution in [0.1, 0.15) is 31.8 Å². The monoisotopic (exact) mass is 453 g/mol. The van der Waals surface area contributed by atoms with E-state index in [2.05, 4.69) is 24.0 Å². The number of nitrogens with zero attached hydrogens (tertiary/aromatic N) is 3. The van der Waals surface area contributed by atoms with Gasteiger partial charge in [-0.2, -0.15) is 0 Å². The SMILES string of the molecule is COC(=O)c1ccc(C(=O)N(CCN2CCOCC2)c2nc3c(C)ccc(C)c3s2)cc1. The Labute approximate surface area is 191 Å². The second-order valence-electron chi connectivity index (χ2n) is 7.85. The molecule has 1 fully saturated rings. The number of ether oxygens (including phenoxy) is 2. The highest BCUT2D eigenvalue weighted by Crippen LogP contribution is 2.33. The zero-order chi connectivity index (χ0) is 22.7. The molecular formula is C24H27N3O4S. The Bertz CT molecular complexity index is 1080. The number of carbonyl (C=O) groups is 2. The van der Waals surface area contributed by atoms with Crippen LogP contribution in [0.15, 0.2) is 36.4 Å². The number of anilines is 1. The number of aryl methyl sites for hydroxylation is 2. The van der Waals surface area contributed by atoms with E-state index in [1.807, 2.05) is 6.92 Å². The maximum atomic E-state index is 13.5. The normalized spacial score (nSPS) is 14.5. The van der Waals surface area contributed by atoms with E-state index in [1.165, 1.54) is 7.11 Å². The van der Waals surface area contributed by atoms with Crippen LogP contribution in [0.3, 0.4) is 0 Å². The van der Waals surface area contributed by atoms with Crippen molar-refractivity contribution in [1.29, 1.82) is 0 Å². The first kappa shape index (κ1) is 22.4. The second-order valence-corrected chi connectivity index (χ2v) is 8.83. The van der Waals surface area contributed by atoms with E-state index in [1.54, 1.807) is 40.5 Å². The highest BCUT2D eigenvalue weighted by molar-refractivity contribution is 7.22. The third-order valence-corrected chi connectivity index (χ3v) is 6.92. The van der Waals surface area contributed by atoms with Gasteiger partial charge in [-0.15, -0.1) is 0 Å². The molecule has 1 aliphatic rings. The molecule has 1 aromatic heterocycles. The van der Waals surface area contributed by atoms with Gasteiger partial charge in [0.15, 0.2) is 5.13 Å². The van der Waals surface area contributed by atoms with Gasteiger partial charge in [0.1, 0.15) is 0 Å². The smallest absolute Gasteiger partial charge is 0.337 e. The Hall–Kier alpha value is -2.81. The lowest BCUT2D eigenvalue weighted by Crippen LogP contribution is -2.43. The van der Waals surface area contributed by atoms with Crippen LogP contribution in [0.2, 0.25) is 0 Å². The molecule has 0 aliphatic carbocycles. The molecule has 0 N–H and O–H groups in total. The fraction of sp³-hybridized carbons (Fsp3) is 0.375. The van der Waals surface area contributed by atoms with Crippen molar-refractivity contribution < 1.29 is 19.1 Å². The molecule has 0 atom stereocenters. The summed E-state index contributed by atoms with van der Waals surface area (Å²) in [4.78, 5) is 34.2. The number of carbonyl (C=O) groups excluding carboxylic acids is 2. The quantitative estimate of drug-likeness (QED) is 0.530. The summed E-state index contributed by atoms with van der Waals surface area (Å²) >= 11 is 1.54. The number of thiazole rings is 1. The molecule has 8 heteroatoms. The van der Waals surface area contributed by atoms with Gasteiger partial charge in [0, 0.05) is 31.7 Å².